The lowest BCUT2D eigenvalue weighted by atomic mass is 10.2. The van der Waals surface area contributed by atoms with Crippen LogP contribution in [-0.2, 0) is 0 Å². The molecule has 0 aliphatic heterocycles. The van der Waals surface area contributed by atoms with Crippen LogP contribution in [0.15, 0.2) is 12.3 Å². The molecule has 1 heterocycles. The number of anilines is 1. The average molecular weight is 270 g/mol. The summed E-state index contributed by atoms with van der Waals surface area (Å²) in [5.41, 5.74) is 0.464. The molecule has 18 heavy (non-hydrogen) atoms. The van der Waals surface area contributed by atoms with Crippen LogP contribution in [-0.4, -0.2) is 24.0 Å². The second-order valence-corrected chi connectivity index (χ2v) is 4.99. The second kappa shape index (κ2) is 7.21. The number of nitrogens with one attached hydrogen (secondary N) is 2. The maximum Gasteiger partial charge on any atom is 0.252 e. The fraction of sp³-hybridized carbons (Fsp3) is 0.538. The molecule has 0 atom stereocenters. The van der Waals surface area contributed by atoms with E-state index in [-0.39, 0.29) is 5.91 Å². The third kappa shape index (κ3) is 4.53. The van der Waals surface area contributed by atoms with Crippen molar-refractivity contribution in [2.24, 2.45) is 5.92 Å². The third-order valence-corrected chi connectivity index (χ3v) is 2.63. The van der Waals surface area contributed by atoms with Crippen molar-refractivity contribution in [3.8, 4) is 0 Å². The molecule has 1 amide bonds. The maximum absolute atomic E-state index is 11.9. The highest BCUT2D eigenvalue weighted by atomic mass is 35.5. The average Bonchev–Trinajstić information content (AvgIpc) is 2.35. The first-order valence-electron chi connectivity index (χ1n) is 6.22. The second-order valence-electron chi connectivity index (χ2n) is 4.58. The zero-order valence-electron chi connectivity index (χ0n) is 11.1. The summed E-state index contributed by atoms with van der Waals surface area (Å²) in [7, 11) is 0. The number of amides is 1. The van der Waals surface area contributed by atoms with Gasteiger partial charge in [-0.2, -0.15) is 0 Å². The molecule has 0 fully saturated rings. The molecule has 100 valence electrons. The molecule has 0 saturated carbocycles. The van der Waals surface area contributed by atoms with Crippen LogP contribution in [0.5, 0.6) is 0 Å². The van der Waals surface area contributed by atoms with Gasteiger partial charge < -0.3 is 10.6 Å². The summed E-state index contributed by atoms with van der Waals surface area (Å²) in [5.74, 6) is 0.929. The Balaban J connectivity index is 2.76. The molecule has 0 radical (unpaired) electrons. The van der Waals surface area contributed by atoms with Crippen molar-refractivity contribution in [1.29, 1.82) is 0 Å². The summed E-state index contributed by atoms with van der Waals surface area (Å²) in [4.78, 5) is 16.1. The van der Waals surface area contributed by atoms with Crippen molar-refractivity contribution in [2.45, 2.75) is 27.2 Å². The molecule has 0 spiro atoms. The molecule has 0 aromatic carbocycles. The van der Waals surface area contributed by atoms with Crippen LogP contribution in [0.1, 0.15) is 37.6 Å². The number of pyridine rings is 1. The van der Waals surface area contributed by atoms with Crippen LogP contribution in [0.4, 0.5) is 5.82 Å². The molecule has 1 rings (SSSR count). The smallest absolute Gasteiger partial charge is 0.252 e. The third-order valence-electron chi connectivity index (χ3n) is 2.33. The summed E-state index contributed by atoms with van der Waals surface area (Å²) >= 11 is 5.99. The van der Waals surface area contributed by atoms with E-state index in [0.717, 1.165) is 13.0 Å². The Hall–Kier alpha value is -1.29. The van der Waals surface area contributed by atoms with Gasteiger partial charge >= 0.3 is 0 Å². The molecular weight excluding hydrogens is 250 g/mol. The molecule has 0 aliphatic carbocycles. The number of hydrogen-bond acceptors (Lipinski definition) is 3. The topological polar surface area (TPSA) is 54.0 Å². The fourth-order valence-electron chi connectivity index (χ4n) is 1.35. The number of carbonyl (C=O) groups is 1. The molecule has 0 unspecified atom stereocenters. The molecule has 0 bridgehead atoms. The number of carbonyl (C=O) groups excluding carboxylic acids is 1. The minimum absolute atomic E-state index is 0.157. The van der Waals surface area contributed by atoms with Crippen LogP contribution in [0.3, 0.4) is 0 Å². The standard InChI is InChI=1S/C13H20ClN3O/c1-4-5-15-12-6-10(11(14)8-16-12)13(18)17-7-9(2)3/h6,8-9H,4-5,7H2,1-3H3,(H,15,16)(H,17,18). The fourth-order valence-corrected chi connectivity index (χ4v) is 1.54. The number of nitrogens with zero attached hydrogens (tertiary/aromatic N) is 1. The van der Waals surface area contributed by atoms with E-state index in [1.165, 1.54) is 6.20 Å². The number of hydrogen-bond donors (Lipinski definition) is 2. The van der Waals surface area contributed by atoms with Gasteiger partial charge in [0.2, 0.25) is 0 Å². The largest absolute Gasteiger partial charge is 0.370 e. The van der Waals surface area contributed by atoms with Gasteiger partial charge in [0.15, 0.2) is 0 Å². The highest BCUT2D eigenvalue weighted by molar-refractivity contribution is 6.33. The minimum atomic E-state index is -0.157. The Labute approximate surface area is 113 Å². The minimum Gasteiger partial charge on any atom is -0.370 e. The molecule has 2 N–H and O–H groups in total. The predicted octanol–water partition coefficient (Wildman–Crippen LogP) is 2.94. The predicted molar refractivity (Wildman–Crippen MR) is 75.2 cm³/mol. The first-order chi connectivity index (χ1) is 8.54. The van der Waals surface area contributed by atoms with E-state index in [9.17, 15) is 4.79 Å². The van der Waals surface area contributed by atoms with Crippen LogP contribution >= 0.6 is 11.6 Å². The lowest BCUT2D eigenvalue weighted by molar-refractivity contribution is 0.0949. The summed E-state index contributed by atoms with van der Waals surface area (Å²) in [6, 6.07) is 1.69. The highest BCUT2D eigenvalue weighted by Gasteiger charge is 2.12. The van der Waals surface area contributed by atoms with Gasteiger partial charge in [0.1, 0.15) is 5.82 Å². The van der Waals surface area contributed by atoms with E-state index in [4.69, 9.17) is 11.6 Å². The number of rotatable bonds is 6. The zero-order chi connectivity index (χ0) is 13.5. The Kier molecular flexibility index (Phi) is 5.92. The van der Waals surface area contributed by atoms with E-state index >= 15 is 0 Å². The monoisotopic (exact) mass is 269 g/mol. The van der Waals surface area contributed by atoms with E-state index < -0.39 is 0 Å². The first-order valence-corrected chi connectivity index (χ1v) is 6.60. The van der Waals surface area contributed by atoms with Crippen LogP contribution < -0.4 is 10.6 Å². The van der Waals surface area contributed by atoms with Gasteiger partial charge in [0.25, 0.3) is 5.91 Å². The van der Waals surface area contributed by atoms with Crippen LogP contribution in [0.2, 0.25) is 5.02 Å². The Bertz CT molecular complexity index is 407. The molecule has 5 heteroatoms. The molecule has 0 saturated heterocycles. The van der Waals surface area contributed by atoms with Crippen molar-refractivity contribution < 1.29 is 4.79 Å². The van der Waals surface area contributed by atoms with Crippen LogP contribution in [0, 0.1) is 5.92 Å². The lowest BCUT2D eigenvalue weighted by Gasteiger charge is -2.10. The van der Waals surface area contributed by atoms with Gasteiger partial charge in [0, 0.05) is 19.3 Å². The number of aromatic nitrogens is 1. The molecule has 4 nitrogen and oxygen atoms in total. The van der Waals surface area contributed by atoms with Crippen molar-refractivity contribution in [1.82, 2.24) is 10.3 Å². The van der Waals surface area contributed by atoms with Crippen molar-refractivity contribution >= 4 is 23.3 Å². The quantitative estimate of drug-likeness (QED) is 0.835. The van der Waals surface area contributed by atoms with Gasteiger partial charge in [-0.3, -0.25) is 4.79 Å². The van der Waals surface area contributed by atoms with Crippen molar-refractivity contribution in [2.75, 3.05) is 18.4 Å². The summed E-state index contributed by atoms with van der Waals surface area (Å²) < 4.78 is 0. The maximum atomic E-state index is 11.9. The van der Waals surface area contributed by atoms with E-state index in [1.54, 1.807) is 6.07 Å². The van der Waals surface area contributed by atoms with Gasteiger partial charge in [0.05, 0.1) is 10.6 Å². The summed E-state index contributed by atoms with van der Waals surface area (Å²) in [6.45, 7) is 7.61. The van der Waals surface area contributed by atoms with Gasteiger partial charge in [-0.1, -0.05) is 32.4 Å². The molecule has 1 aromatic heterocycles. The van der Waals surface area contributed by atoms with Gasteiger partial charge in [-0.25, -0.2) is 4.98 Å². The van der Waals surface area contributed by atoms with Crippen molar-refractivity contribution in [3.63, 3.8) is 0 Å². The van der Waals surface area contributed by atoms with Crippen molar-refractivity contribution in [3.05, 3.63) is 22.8 Å². The summed E-state index contributed by atoms with van der Waals surface area (Å²) in [6.07, 6.45) is 2.50. The van der Waals surface area contributed by atoms with Gasteiger partial charge in [-0.05, 0) is 18.4 Å². The van der Waals surface area contributed by atoms with E-state index in [1.807, 2.05) is 13.8 Å². The number of halogens is 1. The van der Waals surface area contributed by atoms with E-state index in [2.05, 4.69) is 22.5 Å². The SMILES string of the molecule is CCCNc1cc(C(=O)NCC(C)C)c(Cl)cn1. The van der Waals surface area contributed by atoms with Gasteiger partial charge in [-0.15, -0.1) is 0 Å². The molecular formula is C13H20ClN3O. The normalized spacial score (nSPS) is 10.5. The summed E-state index contributed by atoms with van der Waals surface area (Å²) in [5, 5.41) is 6.35. The molecule has 1 aromatic rings. The van der Waals surface area contributed by atoms with E-state index in [0.29, 0.717) is 28.9 Å². The van der Waals surface area contributed by atoms with Crippen LogP contribution in [0.25, 0.3) is 0 Å². The Morgan fingerprint density at radius 1 is 1.50 bits per heavy atom. The Morgan fingerprint density at radius 2 is 2.22 bits per heavy atom. The first kappa shape index (κ1) is 14.8. The lowest BCUT2D eigenvalue weighted by Crippen LogP contribution is -2.27. The Morgan fingerprint density at radius 3 is 2.83 bits per heavy atom. The highest BCUT2D eigenvalue weighted by Crippen LogP contribution is 2.18. The molecule has 0 aliphatic rings. The zero-order valence-corrected chi connectivity index (χ0v) is 11.8.